The number of rotatable bonds is 6. The lowest BCUT2D eigenvalue weighted by Crippen LogP contribution is -2.43. The Bertz CT molecular complexity index is 1740. The number of benzene rings is 3. The fourth-order valence-corrected chi connectivity index (χ4v) is 7.25. The van der Waals surface area contributed by atoms with Crippen LogP contribution in [0, 0.1) is 11.7 Å². The second-order valence-corrected chi connectivity index (χ2v) is 14.1. The highest BCUT2D eigenvalue weighted by Crippen LogP contribution is 2.43. The van der Waals surface area contributed by atoms with Gasteiger partial charge in [-0.2, -0.15) is 4.31 Å². The minimum absolute atomic E-state index is 0.0928. The van der Waals surface area contributed by atoms with E-state index in [1.54, 1.807) is 30.5 Å². The normalized spacial score (nSPS) is 18.8. The zero-order chi connectivity index (χ0) is 30.4. The van der Waals surface area contributed by atoms with Crippen molar-refractivity contribution in [2.75, 3.05) is 18.1 Å². The van der Waals surface area contributed by atoms with Crippen LogP contribution >= 0.6 is 0 Å². The topological polar surface area (TPSA) is 81.8 Å². The molecule has 1 amide bonds. The third-order valence-corrected chi connectivity index (χ3v) is 10.1. The maximum atomic E-state index is 13.9. The molecular weight excluding hydrogens is 563 g/mol. The molecule has 0 bridgehead atoms. The lowest BCUT2D eigenvalue weighted by molar-refractivity contribution is -0.123. The predicted octanol–water partition coefficient (Wildman–Crippen LogP) is 5.55. The van der Waals surface area contributed by atoms with Crippen molar-refractivity contribution in [2.24, 2.45) is 5.92 Å². The Hall–Kier alpha value is -4.21. The molecule has 2 aliphatic heterocycles. The van der Waals surface area contributed by atoms with Gasteiger partial charge in [0.1, 0.15) is 5.82 Å². The quantitative estimate of drug-likeness (QED) is 0.389. The number of hydrogen-bond acceptors (Lipinski definition) is 5. The van der Waals surface area contributed by atoms with Gasteiger partial charge in [-0.25, -0.2) is 12.8 Å². The van der Waals surface area contributed by atoms with Crippen LogP contribution in [0.1, 0.15) is 38.3 Å². The first kappa shape index (κ1) is 28.9. The summed E-state index contributed by atoms with van der Waals surface area (Å²) in [6.07, 6.45) is 4.27. The van der Waals surface area contributed by atoms with E-state index in [1.807, 2.05) is 53.5 Å². The van der Waals surface area contributed by atoms with E-state index < -0.39 is 15.9 Å². The SMILES string of the molecule is CC(C)(C)c1ccc(S(=O)(=O)N2CCC3=C(C2)[C@@H](C(=O)NCc2ccccc2)C2=CNN(c4ccc(F)cc4)C2=C3)cc1. The largest absolute Gasteiger partial charge is 0.351 e. The number of hydrogen-bond donors (Lipinski definition) is 2. The van der Waals surface area contributed by atoms with Crippen molar-refractivity contribution < 1.29 is 17.6 Å². The van der Waals surface area contributed by atoms with Gasteiger partial charge in [-0.3, -0.25) is 9.80 Å². The van der Waals surface area contributed by atoms with Gasteiger partial charge in [-0.05, 0) is 76.6 Å². The van der Waals surface area contributed by atoms with E-state index in [9.17, 15) is 17.6 Å². The van der Waals surface area contributed by atoms with Crippen LogP contribution in [0.25, 0.3) is 0 Å². The van der Waals surface area contributed by atoms with Crippen LogP contribution in [-0.4, -0.2) is 31.7 Å². The van der Waals surface area contributed by atoms with E-state index in [0.717, 1.165) is 39.2 Å². The molecule has 43 heavy (non-hydrogen) atoms. The van der Waals surface area contributed by atoms with Crippen molar-refractivity contribution in [2.45, 2.75) is 44.0 Å². The van der Waals surface area contributed by atoms with E-state index in [0.29, 0.717) is 19.5 Å². The fraction of sp³-hybridized carbons (Fsp3) is 0.265. The summed E-state index contributed by atoms with van der Waals surface area (Å²) in [4.78, 5) is 14.2. The van der Waals surface area contributed by atoms with Crippen molar-refractivity contribution in [3.05, 3.63) is 130 Å². The number of nitrogens with zero attached hydrogens (tertiary/aromatic N) is 2. The van der Waals surface area contributed by atoms with Gasteiger partial charge in [0, 0.05) is 31.4 Å². The van der Waals surface area contributed by atoms with E-state index in [2.05, 4.69) is 31.5 Å². The Kier molecular flexibility index (Phi) is 7.48. The maximum Gasteiger partial charge on any atom is 0.243 e. The Labute approximate surface area is 252 Å². The van der Waals surface area contributed by atoms with Gasteiger partial charge in [-0.1, -0.05) is 63.2 Å². The van der Waals surface area contributed by atoms with Crippen LogP contribution in [0.5, 0.6) is 0 Å². The number of allylic oxidation sites excluding steroid dienone is 2. The highest BCUT2D eigenvalue weighted by molar-refractivity contribution is 7.89. The number of amides is 1. The predicted molar refractivity (Wildman–Crippen MR) is 166 cm³/mol. The lowest BCUT2D eigenvalue weighted by atomic mass is 9.79. The summed E-state index contributed by atoms with van der Waals surface area (Å²) in [5.74, 6) is -1.23. The summed E-state index contributed by atoms with van der Waals surface area (Å²) in [6, 6.07) is 22.9. The maximum absolute atomic E-state index is 13.9. The van der Waals surface area contributed by atoms with E-state index >= 15 is 0 Å². The molecule has 222 valence electrons. The molecule has 0 saturated carbocycles. The smallest absolute Gasteiger partial charge is 0.243 e. The average molecular weight is 599 g/mol. The Morgan fingerprint density at radius 3 is 2.37 bits per heavy atom. The molecule has 3 aromatic carbocycles. The van der Waals surface area contributed by atoms with Gasteiger partial charge in [0.05, 0.1) is 22.2 Å². The van der Waals surface area contributed by atoms with Crippen molar-refractivity contribution in [3.63, 3.8) is 0 Å². The summed E-state index contributed by atoms with van der Waals surface area (Å²) in [7, 11) is -3.79. The highest BCUT2D eigenvalue weighted by Gasteiger charge is 2.42. The Morgan fingerprint density at radius 2 is 1.70 bits per heavy atom. The first-order valence-corrected chi connectivity index (χ1v) is 15.8. The van der Waals surface area contributed by atoms with Crippen LogP contribution < -0.4 is 15.8 Å². The van der Waals surface area contributed by atoms with Gasteiger partial charge in [-0.15, -0.1) is 0 Å². The summed E-state index contributed by atoms with van der Waals surface area (Å²) in [5.41, 5.74) is 9.13. The third kappa shape index (κ3) is 5.62. The molecule has 0 saturated heterocycles. The third-order valence-electron chi connectivity index (χ3n) is 8.26. The Morgan fingerprint density at radius 1 is 1.00 bits per heavy atom. The molecule has 7 nitrogen and oxygen atoms in total. The van der Waals surface area contributed by atoms with Gasteiger partial charge in [0.25, 0.3) is 0 Å². The van der Waals surface area contributed by atoms with Crippen LogP contribution in [-0.2, 0) is 26.8 Å². The summed E-state index contributed by atoms with van der Waals surface area (Å²) < 4.78 is 42.8. The number of sulfonamides is 1. The van der Waals surface area contributed by atoms with Crippen LogP contribution in [0.2, 0.25) is 0 Å². The van der Waals surface area contributed by atoms with Crippen molar-refractivity contribution in [1.82, 2.24) is 15.0 Å². The molecule has 3 aromatic rings. The summed E-state index contributed by atoms with van der Waals surface area (Å²) >= 11 is 0. The number of anilines is 1. The van der Waals surface area contributed by atoms with Crippen molar-refractivity contribution in [1.29, 1.82) is 0 Å². The zero-order valence-corrected chi connectivity index (χ0v) is 25.3. The minimum atomic E-state index is -3.79. The lowest BCUT2D eigenvalue weighted by Gasteiger charge is -2.37. The van der Waals surface area contributed by atoms with Crippen molar-refractivity contribution in [3.8, 4) is 0 Å². The van der Waals surface area contributed by atoms with Crippen molar-refractivity contribution >= 4 is 21.6 Å². The molecule has 0 unspecified atom stereocenters. The number of carbonyl (C=O) groups is 1. The minimum Gasteiger partial charge on any atom is -0.351 e. The van der Waals surface area contributed by atoms with Gasteiger partial charge in [0.2, 0.25) is 15.9 Å². The number of carbonyl (C=O) groups excluding carboxylic acids is 1. The molecule has 2 N–H and O–H groups in total. The molecule has 6 rings (SSSR count). The Balaban J connectivity index is 1.33. The number of halogens is 1. The van der Waals surface area contributed by atoms with Gasteiger partial charge < -0.3 is 10.7 Å². The second-order valence-electron chi connectivity index (χ2n) is 12.1. The van der Waals surface area contributed by atoms with Crippen LogP contribution in [0.15, 0.2) is 118 Å². The summed E-state index contributed by atoms with van der Waals surface area (Å²) in [6.45, 7) is 7.03. The second kappa shape index (κ2) is 11.1. The zero-order valence-electron chi connectivity index (χ0n) is 24.5. The molecule has 9 heteroatoms. The highest BCUT2D eigenvalue weighted by atomic mass is 32.2. The first-order valence-electron chi connectivity index (χ1n) is 14.4. The number of nitrogens with one attached hydrogen (secondary N) is 2. The molecule has 0 fully saturated rings. The number of hydrazine groups is 1. The summed E-state index contributed by atoms with van der Waals surface area (Å²) in [5, 5.41) is 4.91. The monoisotopic (exact) mass is 598 g/mol. The van der Waals surface area contributed by atoms with Gasteiger partial charge in [0.15, 0.2) is 0 Å². The molecule has 3 aliphatic rings. The van der Waals surface area contributed by atoms with Crippen LogP contribution in [0.3, 0.4) is 0 Å². The van der Waals surface area contributed by atoms with E-state index in [4.69, 9.17) is 0 Å². The van der Waals surface area contributed by atoms with E-state index in [1.165, 1.54) is 16.4 Å². The standard InChI is InChI=1S/C34H35FN4O3S/c1-34(2,3)25-9-15-28(16-10-25)43(41,42)38-18-17-24-19-31-29(21-37-39(31)27-13-11-26(35)12-14-27)32(30(24)22-38)33(40)36-20-23-7-5-4-6-8-23/h4-16,19,21,32,37H,17-18,20,22H2,1-3H3,(H,36,40)/t32-/m0/s1. The molecular formula is C34H35FN4O3S. The van der Waals surface area contributed by atoms with E-state index in [-0.39, 0.29) is 28.6 Å². The average Bonchev–Trinajstić information content (AvgIpc) is 3.42. The fourth-order valence-electron chi connectivity index (χ4n) is 5.83. The first-order chi connectivity index (χ1) is 20.5. The number of fused-ring (bicyclic) bond motifs is 1. The molecule has 1 aliphatic carbocycles. The molecule has 2 heterocycles. The molecule has 0 radical (unpaired) electrons. The van der Waals surface area contributed by atoms with Gasteiger partial charge >= 0.3 is 0 Å². The van der Waals surface area contributed by atoms with Crippen LogP contribution in [0.4, 0.5) is 10.1 Å². The molecule has 1 atom stereocenters. The molecule has 0 spiro atoms. The molecule has 0 aromatic heterocycles.